The maximum atomic E-state index is 2.55. The van der Waals surface area contributed by atoms with Crippen LogP contribution in [-0.4, -0.2) is 0 Å². The molecule has 1 heteroatoms. The Morgan fingerprint density at radius 2 is 0.514 bits per heavy atom. The molecule has 4 aliphatic carbocycles. The summed E-state index contributed by atoms with van der Waals surface area (Å²) in [6, 6.07) is 71.1. The first-order chi connectivity index (χ1) is 35.5. The lowest BCUT2D eigenvalue weighted by atomic mass is 9.79. The van der Waals surface area contributed by atoms with Gasteiger partial charge < -0.3 is 4.90 Å². The third-order valence-electron chi connectivity index (χ3n) is 18.9. The van der Waals surface area contributed by atoms with Crippen LogP contribution >= 0.6 is 0 Å². The van der Waals surface area contributed by atoms with E-state index in [0.717, 1.165) is 17.1 Å². The lowest BCUT2D eigenvalue weighted by molar-refractivity contribution is 0.653. The van der Waals surface area contributed by atoms with Crippen molar-refractivity contribution in [1.29, 1.82) is 0 Å². The summed E-state index contributed by atoms with van der Waals surface area (Å²) in [6.45, 7) is 23.9. The number of anilines is 3. The van der Waals surface area contributed by atoms with Crippen LogP contribution < -0.4 is 4.90 Å². The van der Waals surface area contributed by atoms with Crippen molar-refractivity contribution in [3.8, 4) is 44.5 Å². The van der Waals surface area contributed by atoms with E-state index in [-0.39, 0.29) is 21.7 Å². The lowest BCUT2D eigenvalue weighted by Crippen LogP contribution is -2.17. The zero-order valence-corrected chi connectivity index (χ0v) is 44.3. The zero-order valence-electron chi connectivity index (χ0n) is 44.3. The highest BCUT2D eigenvalue weighted by atomic mass is 15.1. The lowest BCUT2D eigenvalue weighted by Gasteiger charge is -2.27. The van der Waals surface area contributed by atoms with Crippen molar-refractivity contribution in [2.45, 2.75) is 96.8 Å². The first-order valence-corrected chi connectivity index (χ1v) is 27.0. The predicted octanol–water partition coefficient (Wildman–Crippen LogP) is 20.1. The molecule has 15 rings (SSSR count). The first-order valence-electron chi connectivity index (χ1n) is 27.0. The maximum Gasteiger partial charge on any atom is 0.0468 e. The second-order valence-corrected chi connectivity index (χ2v) is 24.8. The Balaban J connectivity index is 0.836. The molecule has 0 N–H and O–H groups in total. The second-order valence-electron chi connectivity index (χ2n) is 24.8. The fourth-order valence-electron chi connectivity index (χ4n) is 14.5. The smallest absolute Gasteiger partial charge is 0.0468 e. The average molecular weight is 952 g/mol. The molecule has 0 amide bonds. The Hall–Kier alpha value is -7.74. The van der Waals surface area contributed by atoms with Gasteiger partial charge in [0.25, 0.3) is 0 Å². The van der Waals surface area contributed by atoms with Gasteiger partial charge in [-0.25, -0.2) is 0 Å². The van der Waals surface area contributed by atoms with Gasteiger partial charge in [-0.05, 0) is 253 Å². The third-order valence-corrected chi connectivity index (χ3v) is 18.9. The number of benzene rings is 11. The number of hydrogen-bond donors (Lipinski definition) is 0. The van der Waals surface area contributed by atoms with Gasteiger partial charge in [-0.2, -0.15) is 0 Å². The molecule has 0 heterocycles. The highest BCUT2D eigenvalue weighted by molar-refractivity contribution is 6.02. The van der Waals surface area contributed by atoms with Crippen LogP contribution in [0.4, 0.5) is 17.1 Å². The Morgan fingerprint density at radius 3 is 0.838 bits per heavy atom. The predicted molar refractivity (Wildman–Crippen MR) is 315 cm³/mol. The van der Waals surface area contributed by atoms with Gasteiger partial charge in [0.1, 0.15) is 0 Å². The largest absolute Gasteiger partial charge is 0.310 e. The monoisotopic (exact) mass is 951 g/mol. The number of hydrogen-bond acceptors (Lipinski definition) is 1. The summed E-state index contributed by atoms with van der Waals surface area (Å²) >= 11 is 0. The molecule has 0 aliphatic heterocycles. The highest BCUT2D eigenvalue weighted by Gasteiger charge is 2.44. The fraction of sp³-hybridized carbons (Fsp3) is 0.205. The van der Waals surface area contributed by atoms with Crippen LogP contribution in [0.3, 0.4) is 0 Å². The van der Waals surface area contributed by atoms with Gasteiger partial charge in [0, 0.05) is 38.7 Å². The summed E-state index contributed by atoms with van der Waals surface area (Å²) < 4.78 is 0. The molecule has 0 unspecified atom stereocenters. The van der Waals surface area contributed by atoms with Gasteiger partial charge in [-0.3, -0.25) is 0 Å². The van der Waals surface area contributed by atoms with Gasteiger partial charge in [0.15, 0.2) is 0 Å². The second kappa shape index (κ2) is 14.5. The molecule has 1 nitrogen and oxygen atoms in total. The van der Waals surface area contributed by atoms with E-state index in [4.69, 9.17) is 0 Å². The van der Waals surface area contributed by atoms with E-state index in [1.807, 2.05) is 0 Å². The first kappa shape index (κ1) is 43.8. The van der Waals surface area contributed by atoms with Crippen molar-refractivity contribution >= 4 is 60.2 Å². The van der Waals surface area contributed by atoms with Crippen LogP contribution in [0.25, 0.3) is 87.6 Å². The molecule has 0 saturated heterocycles. The Kier molecular flexibility index (Phi) is 8.59. The van der Waals surface area contributed by atoms with Gasteiger partial charge in [0.2, 0.25) is 0 Å². The van der Waals surface area contributed by atoms with Crippen molar-refractivity contribution in [2.75, 3.05) is 4.90 Å². The van der Waals surface area contributed by atoms with E-state index in [2.05, 4.69) is 256 Å². The van der Waals surface area contributed by atoms with Crippen molar-refractivity contribution in [2.24, 2.45) is 0 Å². The van der Waals surface area contributed by atoms with Crippen LogP contribution in [0.1, 0.15) is 125 Å². The topological polar surface area (TPSA) is 3.24 Å². The highest BCUT2D eigenvalue weighted by Crippen LogP contribution is 2.59. The Morgan fingerprint density at radius 1 is 0.257 bits per heavy atom. The summed E-state index contributed by atoms with van der Waals surface area (Å²) in [7, 11) is 0. The van der Waals surface area contributed by atoms with Gasteiger partial charge in [-0.15, -0.1) is 0 Å². The number of nitrogens with zero attached hydrogens (tertiary/aromatic N) is 1. The molecular formula is C73H61N. The van der Waals surface area contributed by atoms with Gasteiger partial charge >= 0.3 is 0 Å². The molecular weight excluding hydrogens is 891 g/mol. The van der Waals surface area contributed by atoms with Crippen molar-refractivity contribution in [1.82, 2.24) is 0 Å². The van der Waals surface area contributed by atoms with E-state index in [9.17, 15) is 0 Å². The summed E-state index contributed by atoms with van der Waals surface area (Å²) in [5.74, 6) is 0.451. The molecule has 0 fully saturated rings. The summed E-state index contributed by atoms with van der Waals surface area (Å²) in [6.07, 6.45) is 0. The standard InChI is InChI=1S/C73H61N/c1-41(2)42-19-23-51(24-20-42)74(52-25-21-47-31-56-60-39-66-58(37-68(60)72(7,8)64(56)35-49(47)27-52)54-29-43-15-11-13-17-45(43)33-62(54)70(66,3)4)53-26-22-48-32-57-61-40-67-59(38-69(61)73(9,10)65(57)36-50(48)28-53)55-30-44-16-12-14-18-46(44)34-63(55)71(67,5)6/h11-41H,1-10H3. The molecule has 74 heavy (non-hydrogen) atoms. The molecule has 0 atom stereocenters. The van der Waals surface area contributed by atoms with Gasteiger partial charge in [0.05, 0.1) is 0 Å². The quantitative estimate of drug-likeness (QED) is 0.170. The molecule has 0 bridgehead atoms. The summed E-state index contributed by atoms with van der Waals surface area (Å²) in [5.41, 5.74) is 26.7. The summed E-state index contributed by atoms with van der Waals surface area (Å²) in [5, 5.41) is 10.3. The molecule has 0 spiro atoms. The minimum Gasteiger partial charge on any atom is -0.310 e. The van der Waals surface area contributed by atoms with Crippen LogP contribution in [0.2, 0.25) is 0 Å². The summed E-state index contributed by atoms with van der Waals surface area (Å²) in [4.78, 5) is 2.48. The van der Waals surface area contributed by atoms with Gasteiger partial charge in [-0.1, -0.05) is 142 Å². The Labute approximate surface area is 436 Å². The zero-order chi connectivity index (χ0) is 50.5. The SMILES string of the molecule is CC(C)c1ccc(N(c2ccc3cc4c(cc3c2)C(C)(C)c2cc3c(cc2-4)C(C)(C)c2cc4ccccc4cc2-3)c2ccc3cc4c(cc3c2)C(C)(C)c2cc3c(cc2-4)C(C)(C)c2cc4ccccc4cc2-3)cc1. The molecule has 358 valence electrons. The molecule has 11 aromatic rings. The van der Waals surface area contributed by atoms with Crippen LogP contribution in [0.5, 0.6) is 0 Å². The van der Waals surface area contributed by atoms with E-state index in [0.29, 0.717) is 5.92 Å². The van der Waals surface area contributed by atoms with Crippen LogP contribution in [0.15, 0.2) is 182 Å². The van der Waals surface area contributed by atoms with Crippen molar-refractivity contribution in [3.05, 3.63) is 232 Å². The fourth-order valence-corrected chi connectivity index (χ4v) is 14.5. The van der Waals surface area contributed by atoms with Crippen molar-refractivity contribution < 1.29 is 0 Å². The third kappa shape index (κ3) is 5.82. The van der Waals surface area contributed by atoms with E-state index < -0.39 is 0 Å². The average Bonchev–Trinajstić information content (AvgIpc) is 3.95. The molecule has 0 saturated carbocycles. The normalized spacial score (nSPS) is 16.3. The van der Waals surface area contributed by atoms with E-state index in [1.165, 1.54) is 138 Å². The van der Waals surface area contributed by atoms with Crippen LogP contribution in [0, 0.1) is 0 Å². The minimum atomic E-state index is -0.165. The molecule has 4 aliphatic rings. The molecule has 0 aromatic heterocycles. The van der Waals surface area contributed by atoms with E-state index in [1.54, 1.807) is 0 Å². The Bertz CT molecular complexity index is 4070. The minimum absolute atomic E-state index is 0.0927. The van der Waals surface area contributed by atoms with Crippen LogP contribution in [-0.2, 0) is 21.7 Å². The maximum absolute atomic E-state index is 2.55. The van der Waals surface area contributed by atoms with Crippen molar-refractivity contribution in [3.63, 3.8) is 0 Å². The van der Waals surface area contributed by atoms with E-state index >= 15 is 0 Å². The number of rotatable bonds is 4. The molecule has 0 radical (unpaired) electrons. The molecule has 11 aromatic carbocycles. The number of fused-ring (bicyclic) bond motifs is 16.